The Morgan fingerprint density at radius 1 is 1.33 bits per heavy atom. The van der Waals surface area contributed by atoms with Gasteiger partial charge in [-0.15, -0.1) is 5.92 Å². The van der Waals surface area contributed by atoms with E-state index in [1.165, 1.54) is 5.56 Å². The summed E-state index contributed by atoms with van der Waals surface area (Å²) in [6.07, 6.45) is 0. The lowest BCUT2D eigenvalue weighted by atomic mass is 10.1. The molecule has 18 heavy (non-hydrogen) atoms. The Morgan fingerprint density at radius 2 is 2.17 bits per heavy atom. The average molecular weight is 247 g/mol. The predicted octanol–water partition coefficient (Wildman–Crippen LogP) is 2.13. The summed E-state index contributed by atoms with van der Waals surface area (Å²) in [4.78, 5) is 0. The van der Waals surface area contributed by atoms with E-state index < -0.39 is 0 Å². The molecule has 0 saturated heterocycles. The fourth-order valence-corrected chi connectivity index (χ4v) is 1.57. The van der Waals surface area contributed by atoms with E-state index in [1.54, 1.807) is 7.11 Å². The number of hydrogen-bond acceptors (Lipinski definition) is 3. The molecule has 0 aliphatic carbocycles. The number of aryl methyl sites for hydroxylation is 1. The SMILES string of the molecule is CC#CCOc1ccc(C)cc1CNCCOC. The van der Waals surface area contributed by atoms with Gasteiger partial charge in [0.2, 0.25) is 0 Å². The summed E-state index contributed by atoms with van der Waals surface area (Å²) >= 11 is 0. The summed E-state index contributed by atoms with van der Waals surface area (Å²) in [5.74, 6) is 6.62. The Hall–Kier alpha value is -1.50. The van der Waals surface area contributed by atoms with E-state index in [0.717, 1.165) is 24.4 Å². The molecule has 0 aliphatic heterocycles. The zero-order chi connectivity index (χ0) is 13.2. The van der Waals surface area contributed by atoms with Crippen molar-refractivity contribution >= 4 is 0 Å². The van der Waals surface area contributed by atoms with Gasteiger partial charge in [0.15, 0.2) is 0 Å². The molecule has 1 aromatic carbocycles. The van der Waals surface area contributed by atoms with Gasteiger partial charge >= 0.3 is 0 Å². The Morgan fingerprint density at radius 3 is 2.89 bits per heavy atom. The molecule has 0 saturated carbocycles. The molecule has 0 atom stereocenters. The summed E-state index contributed by atoms with van der Waals surface area (Å²) in [7, 11) is 1.70. The quantitative estimate of drug-likeness (QED) is 0.591. The second-order valence-corrected chi connectivity index (χ2v) is 4.00. The van der Waals surface area contributed by atoms with Crippen molar-refractivity contribution in [3.63, 3.8) is 0 Å². The molecular formula is C15H21NO2. The fourth-order valence-electron chi connectivity index (χ4n) is 1.57. The van der Waals surface area contributed by atoms with Crippen molar-refractivity contribution in [2.75, 3.05) is 26.9 Å². The number of ether oxygens (including phenoxy) is 2. The minimum atomic E-state index is 0.435. The highest BCUT2D eigenvalue weighted by Gasteiger charge is 2.03. The average Bonchev–Trinajstić information content (AvgIpc) is 2.37. The molecule has 0 spiro atoms. The van der Waals surface area contributed by atoms with Gasteiger partial charge in [-0.2, -0.15) is 0 Å². The zero-order valence-corrected chi connectivity index (χ0v) is 11.4. The van der Waals surface area contributed by atoms with Gasteiger partial charge in [0.25, 0.3) is 0 Å². The van der Waals surface area contributed by atoms with E-state index in [-0.39, 0.29) is 0 Å². The maximum absolute atomic E-state index is 5.64. The third-order valence-electron chi connectivity index (χ3n) is 2.49. The van der Waals surface area contributed by atoms with Gasteiger partial charge in [-0.3, -0.25) is 0 Å². The van der Waals surface area contributed by atoms with Crippen molar-refractivity contribution in [3.8, 4) is 17.6 Å². The molecule has 0 radical (unpaired) electrons. The van der Waals surface area contributed by atoms with Crippen LogP contribution in [0.15, 0.2) is 18.2 Å². The Labute approximate surface area is 109 Å². The van der Waals surface area contributed by atoms with E-state index in [2.05, 4.69) is 30.1 Å². The van der Waals surface area contributed by atoms with Crippen LogP contribution in [0.25, 0.3) is 0 Å². The van der Waals surface area contributed by atoms with Gasteiger partial charge in [-0.05, 0) is 19.9 Å². The fraction of sp³-hybridized carbons (Fsp3) is 0.467. The molecule has 0 aliphatic rings. The second-order valence-electron chi connectivity index (χ2n) is 4.00. The van der Waals surface area contributed by atoms with Gasteiger partial charge < -0.3 is 14.8 Å². The number of hydrogen-bond donors (Lipinski definition) is 1. The molecule has 0 heterocycles. The maximum atomic E-state index is 5.64. The van der Waals surface area contributed by atoms with Crippen LogP contribution < -0.4 is 10.1 Å². The van der Waals surface area contributed by atoms with Gasteiger partial charge in [-0.1, -0.05) is 23.6 Å². The van der Waals surface area contributed by atoms with Crippen LogP contribution in [0.3, 0.4) is 0 Å². The summed E-state index contributed by atoms with van der Waals surface area (Å²) in [6, 6.07) is 6.18. The molecular weight excluding hydrogens is 226 g/mol. The molecule has 0 aromatic heterocycles. The van der Waals surface area contributed by atoms with Gasteiger partial charge in [0.05, 0.1) is 6.61 Å². The molecule has 1 rings (SSSR count). The molecule has 98 valence electrons. The van der Waals surface area contributed by atoms with Crippen LogP contribution in [0.5, 0.6) is 5.75 Å². The molecule has 0 amide bonds. The van der Waals surface area contributed by atoms with Gasteiger partial charge in [-0.25, -0.2) is 0 Å². The van der Waals surface area contributed by atoms with Gasteiger partial charge in [0.1, 0.15) is 12.4 Å². The normalized spacial score (nSPS) is 9.72. The van der Waals surface area contributed by atoms with E-state index in [9.17, 15) is 0 Å². The van der Waals surface area contributed by atoms with Crippen molar-refractivity contribution in [1.29, 1.82) is 0 Å². The highest BCUT2D eigenvalue weighted by atomic mass is 16.5. The molecule has 0 fully saturated rings. The Balaban J connectivity index is 2.60. The number of nitrogens with one attached hydrogen (secondary N) is 1. The first-order valence-corrected chi connectivity index (χ1v) is 6.09. The summed E-state index contributed by atoms with van der Waals surface area (Å²) in [6.45, 7) is 6.65. The predicted molar refractivity (Wildman–Crippen MR) is 73.7 cm³/mol. The topological polar surface area (TPSA) is 30.5 Å². The molecule has 0 unspecified atom stereocenters. The monoisotopic (exact) mass is 247 g/mol. The Kier molecular flexibility index (Phi) is 6.93. The summed E-state index contributed by atoms with van der Waals surface area (Å²) in [5, 5.41) is 3.32. The lowest BCUT2D eigenvalue weighted by molar-refractivity contribution is 0.199. The first-order chi connectivity index (χ1) is 8.77. The second kappa shape index (κ2) is 8.57. The standard InChI is InChI=1S/C15H21NO2/c1-4-5-9-18-15-7-6-13(2)11-14(15)12-16-8-10-17-3/h6-7,11,16H,8-10,12H2,1-3H3. The molecule has 1 N–H and O–H groups in total. The van der Waals surface area contributed by atoms with Crippen LogP contribution in [0, 0.1) is 18.8 Å². The molecule has 3 heteroatoms. The minimum absolute atomic E-state index is 0.435. The van der Waals surface area contributed by atoms with Gasteiger partial charge in [0, 0.05) is 25.8 Å². The zero-order valence-electron chi connectivity index (χ0n) is 11.4. The first-order valence-electron chi connectivity index (χ1n) is 6.09. The van der Waals surface area contributed by atoms with Crippen molar-refractivity contribution in [1.82, 2.24) is 5.32 Å². The van der Waals surface area contributed by atoms with Crippen molar-refractivity contribution in [2.45, 2.75) is 20.4 Å². The number of benzene rings is 1. The van der Waals surface area contributed by atoms with Crippen molar-refractivity contribution < 1.29 is 9.47 Å². The minimum Gasteiger partial charge on any atom is -0.481 e. The van der Waals surface area contributed by atoms with E-state index in [0.29, 0.717) is 13.2 Å². The van der Waals surface area contributed by atoms with Crippen LogP contribution in [0.2, 0.25) is 0 Å². The largest absolute Gasteiger partial charge is 0.481 e. The molecule has 1 aromatic rings. The first kappa shape index (κ1) is 14.6. The molecule has 0 bridgehead atoms. The summed E-state index contributed by atoms with van der Waals surface area (Å²) in [5.41, 5.74) is 2.39. The maximum Gasteiger partial charge on any atom is 0.149 e. The van der Waals surface area contributed by atoms with Crippen LogP contribution in [-0.4, -0.2) is 26.9 Å². The molecule has 3 nitrogen and oxygen atoms in total. The van der Waals surface area contributed by atoms with E-state index in [1.807, 2.05) is 19.1 Å². The summed E-state index contributed by atoms with van der Waals surface area (Å²) < 4.78 is 10.6. The van der Waals surface area contributed by atoms with Crippen LogP contribution in [-0.2, 0) is 11.3 Å². The third kappa shape index (κ3) is 5.22. The lowest BCUT2D eigenvalue weighted by Crippen LogP contribution is -2.19. The third-order valence-corrected chi connectivity index (χ3v) is 2.49. The smallest absolute Gasteiger partial charge is 0.149 e. The van der Waals surface area contributed by atoms with Crippen LogP contribution in [0.1, 0.15) is 18.1 Å². The Bertz CT molecular complexity index is 418. The van der Waals surface area contributed by atoms with Crippen LogP contribution >= 0.6 is 0 Å². The number of methoxy groups -OCH3 is 1. The van der Waals surface area contributed by atoms with Crippen molar-refractivity contribution in [3.05, 3.63) is 29.3 Å². The number of rotatable bonds is 7. The highest BCUT2D eigenvalue weighted by molar-refractivity contribution is 5.37. The lowest BCUT2D eigenvalue weighted by Gasteiger charge is -2.11. The van der Waals surface area contributed by atoms with E-state index in [4.69, 9.17) is 9.47 Å². The van der Waals surface area contributed by atoms with Crippen LogP contribution in [0.4, 0.5) is 0 Å². The van der Waals surface area contributed by atoms with E-state index >= 15 is 0 Å². The highest BCUT2D eigenvalue weighted by Crippen LogP contribution is 2.19. The van der Waals surface area contributed by atoms with Crippen molar-refractivity contribution in [2.24, 2.45) is 0 Å².